The average molecular weight is 340 g/mol. The lowest BCUT2D eigenvalue weighted by molar-refractivity contribution is -0.115. The molecule has 0 fully saturated rings. The maximum absolute atomic E-state index is 12.3. The molecule has 0 bridgehead atoms. The standard InChI is InChI=1S/C19H20N2O2S/c22-18-10-12-24-17-9-8-15(13-16(17)21-18)19(23)20-11-4-7-14-5-2-1-3-6-14/h1-3,5-6,8-9,13H,4,7,10-12H2,(H,20,23)(H,21,22). The number of nitrogens with one attached hydrogen (secondary N) is 2. The molecule has 0 spiro atoms. The molecule has 0 radical (unpaired) electrons. The van der Waals surface area contributed by atoms with Gasteiger partial charge >= 0.3 is 0 Å². The number of carbonyl (C=O) groups excluding carboxylic acids is 2. The normalized spacial score (nSPS) is 13.6. The summed E-state index contributed by atoms with van der Waals surface area (Å²) in [6.07, 6.45) is 2.34. The van der Waals surface area contributed by atoms with Crippen LogP contribution >= 0.6 is 11.8 Å². The van der Waals surface area contributed by atoms with Crippen molar-refractivity contribution in [3.8, 4) is 0 Å². The van der Waals surface area contributed by atoms with E-state index in [9.17, 15) is 9.59 Å². The van der Waals surface area contributed by atoms with Gasteiger partial charge in [0.1, 0.15) is 0 Å². The Morgan fingerprint density at radius 3 is 2.83 bits per heavy atom. The van der Waals surface area contributed by atoms with E-state index in [1.165, 1.54) is 5.56 Å². The Hall–Kier alpha value is -2.27. The van der Waals surface area contributed by atoms with Crippen LogP contribution in [-0.4, -0.2) is 24.1 Å². The van der Waals surface area contributed by atoms with Crippen molar-refractivity contribution in [3.63, 3.8) is 0 Å². The van der Waals surface area contributed by atoms with Gasteiger partial charge in [-0.25, -0.2) is 0 Å². The predicted octanol–water partition coefficient (Wildman–Crippen LogP) is 3.48. The zero-order valence-electron chi connectivity index (χ0n) is 13.4. The number of rotatable bonds is 5. The molecule has 24 heavy (non-hydrogen) atoms. The minimum absolute atomic E-state index is 0.00155. The molecular weight excluding hydrogens is 320 g/mol. The molecule has 1 aliphatic rings. The quantitative estimate of drug-likeness (QED) is 0.819. The molecule has 5 heteroatoms. The molecule has 2 aromatic rings. The second-order valence-electron chi connectivity index (χ2n) is 5.70. The summed E-state index contributed by atoms with van der Waals surface area (Å²) in [6, 6.07) is 15.7. The first kappa shape index (κ1) is 16.6. The molecule has 4 nitrogen and oxygen atoms in total. The Bertz CT molecular complexity index is 731. The summed E-state index contributed by atoms with van der Waals surface area (Å²) >= 11 is 1.64. The lowest BCUT2D eigenvalue weighted by Crippen LogP contribution is -2.25. The number of fused-ring (bicyclic) bond motifs is 1. The molecule has 0 saturated heterocycles. The van der Waals surface area contributed by atoms with E-state index in [1.807, 2.05) is 30.3 Å². The first-order valence-corrected chi connectivity index (χ1v) is 9.10. The van der Waals surface area contributed by atoms with Crippen molar-refractivity contribution in [1.82, 2.24) is 5.32 Å². The number of benzene rings is 2. The predicted molar refractivity (Wildman–Crippen MR) is 97.5 cm³/mol. The van der Waals surface area contributed by atoms with Gasteiger partial charge in [-0.1, -0.05) is 30.3 Å². The van der Waals surface area contributed by atoms with Gasteiger partial charge in [0, 0.05) is 29.2 Å². The number of hydrogen-bond donors (Lipinski definition) is 2. The average Bonchev–Trinajstić information content (AvgIpc) is 2.79. The van der Waals surface area contributed by atoms with Crippen LogP contribution in [0.25, 0.3) is 0 Å². The van der Waals surface area contributed by atoms with E-state index >= 15 is 0 Å². The summed E-state index contributed by atoms with van der Waals surface area (Å²) in [7, 11) is 0. The lowest BCUT2D eigenvalue weighted by atomic mass is 10.1. The molecule has 3 rings (SSSR count). The number of aryl methyl sites for hydroxylation is 1. The molecule has 2 aromatic carbocycles. The van der Waals surface area contributed by atoms with E-state index < -0.39 is 0 Å². The maximum Gasteiger partial charge on any atom is 0.251 e. The Labute approximate surface area is 146 Å². The summed E-state index contributed by atoms with van der Waals surface area (Å²) in [5.74, 6) is 0.667. The van der Waals surface area contributed by atoms with E-state index in [0.717, 1.165) is 29.2 Å². The Balaban J connectivity index is 1.54. The van der Waals surface area contributed by atoms with Gasteiger partial charge in [-0.15, -0.1) is 11.8 Å². The van der Waals surface area contributed by atoms with Crippen molar-refractivity contribution in [2.75, 3.05) is 17.6 Å². The molecule has 1 aliphatic heterocycles. The monoisotopic (exact) mass is 340 g/mol. The van der Waals surface area contributed by atoms with Crippen molar-refractivity contribution in [2.24, 2.45) is 0 Å². The molecule has 2 N–H and O–H groups in total. The number of thioether (sulfide) groups is 1. The highest BCUT2D eigenvalue weighted by molar-refractivity contribution is 7.99. The molecule has 0 aromatic heterocycles. The molecule has 124 valence electrons. The van der Waals surface area contributed by atoms with Crippen LogP contribution in [0, 0.1) is 0 Å². The summed E-state index contributed by atoms with van der Waals surface area (Å²) in [5.41, 5.74) is 2.59. The van der Waals surface area contributed by atoms with E-state index in [2.05, 4.69) is 22.8 Å². The molecule has 0 saturated carbocycles. The van der Waals surface area contributed by atoms with Gasteiger partial charge in [-0.2, -0.15) is 0 Å². The third-order valence-electron chi connectivity index (χ3n) is 3.87. The highest BCUT2D eigenvalue weighted by atomic mass is 32.2. The molecule has 0 aliphatic carbocycles. The topological polar surface area (TPSA) is 58.2 Å². The van der Waals surface area contributed by atoms with Gasteiger partial charge in [-0.3, -0.25) is 9.59 Å². The van der Waals surface area contributed by atoms with Gasteiger partial charge in [0.25, 0.3) is 5.91 Å². The van der Waals surface area contributed by atoms with Crippen LogP contribution in [0.15, 0.2) is 53.4 Å². The summed E-state index contributed by atoms with van der Waals surface area (Å²) in [6.45, 7) is 0.631. The highest BCUT2D eigenvalue weighted by Crippen LogP contribution is 2.31. The van der Waals surface area contributed by atoms with Gasteiger partial charge < -0.3 is 10.6 Å². The Kier molecular flexibility index (Phi) is 5.54. The van der Waals surface area contributed by atoms with E-state index in [1.54, 1.807) is 17.8 Å². The Morgan fingerprint density at radius 1 is 1.17 bits per heavy atom. The summed E-state index contributed by atoms with van der Waals surface area (Å²) < 4.78 is 0. The van der Waals surface area contributed by atoms with Gasteiger partial charge in [0.2, 0.25) is 5.91 Å². The van der Waals surface area contributed by atoms with Gasteiger partial charge in [0.05, 0.1) is 5.69 Å². The van der Waals surface area contributed by atoms with E-state index in [-0.39, 0.29) is 11.8 Å². The van der Waals surface area contributed by atoms with E-state index in [4.69, 9.17) is 0 Å². The number of amides is 2. The van der Waals surface area contributed by atoms with Crippen LogP contribution in [0.5, 0.6) is 0 Å². The van der Waals surface area contributed by atoms with Crippen LogP contribution in [0.3, 0.4) is 0 Å². The smallest absolute Gasteiger partial charge is 0.251 e. The SMILES string of the molecule is O=C1CCSc2ccc(C(=O)NCCCc3ccccc3)cc2N1. The highest BCUT2D eigenvalue weighted by Gasteiger charge is 2.15. The molecular formula is C19H20N2O2S. The molecule has 2 amide bonds. The zero-order valence-corrected chi connectivity index (χ0v) is 14.2. The fourth-order valence-electron chi connectivity index (χ4n) is 2.60. The van der Waals surface area contributed by atoms with Crippen molar-refractivity contribution in [3.05, 3.63) is 59.7 Å². The van der Waals surface area contributed by atoms with Crippen molar-refractivity contribution < 1.29 is 9.59 Å². The van der Waals surface area contributed by atoms with Crippen LogP contribution in [-0.2, 0) is 11.2 Å². The first-order valence-electron chi connectivity index (χ1n) is 8.11. The van der Waals surface area contributed by atoms with Crippen LogP contribution in [0.1, 0.15) is 28.8 Å². The largest absolute Gasteiger partial charge is 0.352 e. The van der Waals surface area contributed by atoms with Gasteiger partial charge in [0.15, 0.2) is 0 Å². The van der Waals surface area contributed by atoms with Crippen molar-refractivity contribution >= 4 is 29.3 Å². The minimum Gasteiger partial charge on any atom is -0.352 e. The van der Waals surface area contributed by atoms with Crippen LogP contribution in [0.2, 0.25) is 0 Å². The Morgan fingerprint density at radius 2 is 2.00 bits per heavy atom. The fraction of sp³-hybridized carbons (Fsp3) is 0.263. The summed E-state index contributed by atoms with van der Waals surface area (Å²) in [5, 5.41) is 5.81. The van der Waals surface area contributed by atoms with Crippen molar-refractivity contribution in [1.29, 1.82) is 0 Å². The summed E-state index contributed by atoms with van der Waals surface area (Å²) in [4.78, 5) is 24.9. The molecule has 0 atom stereocenters. The number of anilines is 1. The van der Waals surface area contributed by atoms with Crippen molar-refractivity contribution in [2.45, 2.75) is 24.2 Å². The molecule has 1 heterocycles. The zero-order chi connectivity index (χ0) is 16.8. The van der Waals surface area contributed by atoms with E-state index in [0.29, 0.717) is 18.5 Å². The minimum atomic E-state index is -0.102. The fourth-order valence-corrected chi connectivity index (χ4v) is 3.54. The number of hydrogen-bond acceptors (Lipinski definition) is 3. The van der Waals surface area contributed by atoms with Crippen LogP contribution in [0.4, 0.5) is 5.69 Å². The second kappa shape index (κ2) is 8.02. The van der Waals surface area contributed by atoms with Gasteiger partial charge in [-0.05, 0) is 36.6 Å². The third kappa shape index (κ3) is 4.38. The third-order valence-corrected chi connectivity index (χ3v) is 4.95. The first-order chi connectivity index (χ1) is 11.7. The lowest BCUT2D eigenvalue weighted by Gasteiger charge is -2.10. The van der Waals surface area contributed by atoms with Crippen LogP contribution < -0.4 is 10.6 Å². The molecule has 0 unspecified atom stereocenters. The second-order valence-corrected chi connectivity index (χ2v) is 6.84. The maximum atomic E-state index is 12.3. The number of carbonyl (C=O) groups is 2.